The highest BCUT2D eigenvalue weighted by Gasteiger charge is 2.55. The average Bonchev–Trinajstić information content (AvgIpc) is 2.13. The molecule has 2 atom stereocenters. The van der Waals surface area contributed by atoms with Crippen molar-refractivity contribution in [3.63, 3.8) is 0 Å². The van der Waals surface area contributed by atoms with Crippen molar-refractivity contribution in [3.8, 4) is 6.07 Å². The van der Waals surface area contributed by atoms with Crippen molar-refractivity contribution in [1.29, 1.82) is 5.26 Å². The molecule has 0 aromatic rings. The Balaban J connectivity index is 1.87. The minimum Gasteiger partial charge on any atom is -0.351 e. The molecule has 0 spiro atoms. The molecule has 16 heavy (non-hydrogen) atoms. The monoisotopic (exact) mass is 218 g/mol. The van der Waals surface area contributed by atoms with Crippen LogP contribution >= 0.6 is 0 Å². The number of carbonyl (C=O) groups excluding carboxylic acids is 1. The van der Waals surface area contributed by atoms with Gasteiger partial charge in [-0.1, -0.05) is 0 Å². The Kier molecular flexibility index (Phi) is 2.04. The molecule has 3 nitrogen and oxygen atoms in total. The molecule has 0 aliphatic heterocycles. The number of nitriles is 1. The van der Waals surface area contributed by atoms with E-state index in [1.807, 2.05) is 0 Å². The zero-order chi connectivity index (χ0) is 11.3. The van der Waals surface area contributed by atoms with Crippen LogP contribution in [-0.2, 0) is 4.79 Å². The van der Waals surface area contributed by atoms with Crippen LogP contribution in [0.15, 0.2) is 0 Å². The first kappa shape index (κ1) is 10.1. The lowest BCUT2D eigenvalue weighted by molar-refractivity contribution is -0.125. The van der Waals surface area contributed by atoms with Crippen molar-refractivity contribution >= 4 is 5.91 Å². The molecule has 86 valence electrons. The van der Waals surface area contributed by atoms with Gasteiger partial charge in [0.15, 0.2) is 0 Å². The van der Waals surface area contributed by atoms with E-state index in [0.29, 0.717) is 11.8 Å². The van der Waals surface area contributed by atoms with Crippen LogP contribution < -0.4 is 5.32 Å². The highest BCUT2D eigenvalue weighted by Crippen LogP contribution is 2.58. The van der Waals surface area contributed by atoms with Crippen molar-refractivity contribution in [2.45, 2.75) is 44.6 Å². The molecule has 1 N–H and O–H groups in total. The van der Waals surface area contributed by atoms with Crippen LogP contribution in [0.25, 0.3) is 0 Å². The van der Waals surface area contributed by atoms with Crippen LogP contribution in [0.3, 0.4) is 0 Å². The number of hydrogen-bond donors (Lipinski definition) is 1. The maximum absolute atomic E-state index is 11.3. The third-order valence-electron chi connectivity index (χ3n) is 4.86. The SMILES string of the molecule is CC(=O)NC12CC3CC(C1)C(C#N)C(C3)C2. The summed E-state index contributed by atoms with van der Waals surface area (Å²) >= 11 is 0. The summed E-state index contributed by atoms with van der Waals surface area (Å²) in [5, 5.41) is 12.4. The fourth-order valence-corrected chi connectivity index (χ4v) is 4.76. The second-order valence-electron chi connectivity index (χ2n) is 6.09. The van der Waals surface area contributed by atoms with E-state index in [1.54, 1.807) is 6.92 Å². The van der Waals surface area contributed by atoms with Gasteiger partial charge in [0.05, 0.1) is 12.0 Å². The van der Waals surface area contributed by atoms with Gasteiger partial charge in [0.25, 0.3) is 0 Å². The number of nitrogens with zero attached hydrogens (tertiary/aromatic N) is 1. The predicted octanol–water partition coefficient (Wildman–Crippen LogP) is 1.84. The fraction of sp³-hybridized carbons (Fsp3) is 0.846. The lowest BCUT2D eigenvalue weighted by atomic mass is 9.49. The molecule has 4 aliphatic rings. The van der Waals surface area contributed by atoms with Gasteiger partial charge in [-0.3, -0.25) is 4.79 Å². The number of rotatable bonds is 1. The number of amides is 1. The molecule has 1 amide bonds. The second-order valence-corrected chi connectivity index (χ2v) is 6.09. The van der Waals surface area contributed by atoms with Gasteiger partial charge in [-0.15, -0.1) is 0 Å². The van der Waals surface area contributed by atoms with Gasteiger partial charge >= 0.3 is 0 Å². The van der Waals surface area contributed by atoms with Crippen LogP contribution in [0.2, 0.25) is 0 Å². The zero-order valence-corrected chi connectivity index (χ0v) is 9.70. The summed E-state index contributed by atoms with van der Waals surface area (Å²) in [6, 6.07) is 2.50. The van der Waals surface area contributed by atoms with E-state index in [2.05, 4.69) is 11.4 Å². The Bertz CT molecular complexity index is 355. The third-order valence-corrected chi connectivity index (χ3v) is 4.86. The summed E-state index contributed by atoms with van der Waals surface area (Å²) in [6.07, 6.45) is 5.67. The van der Waals surface area contributed by atoms with Crippen LogP contribution in [0.1, 0.15) is 39.0 Å². The first-order chi connectivity index (χ1) is 7.62. The Morgan fingerprint density at radius 2 is 1.94 bits per heavy atom. The van der Waals surface area contributed by atoms with E-state index in [4.69, 9.17) is 0 Å². The van der Waals surface area contributed by atoms with Gasteiger partial charge in [-0.05, 0) is 49.9 Å². The first-order valence-corrected chi connectivity index (χ1v) is 6.30. The summed E-state index contributed by atoms with van der Waals surface area (Å²) in [7, 11) is 0. The smallest absolute Gasteiger partial charge is 0.217 e. The normalized spacial score (nSPS) is 48.8. The maximum atomic E-state index is 11.3. The summed E-state index contributed by atoms with van der Waals surface area (Å²) in [4.78, 5) is 11.3. The molecule has 4 saturated carbocycles. The van der Waals surface area contributed by atoms with E-state index in [1.165, 1.54) is 12.8 Å². The number of nitrogens with one attached hydrogen (secondary N) is 1. The molecule has 4 aliphatic carbocycles. The maximum Gasteiger partial charge on any atom is 0.217 e. The molecule has 0 heterocycles. The van der Waals surface area contributed by atoms with E-state index < -0.39 is 0 Å². The Morgan fingerprint density at radius 3 is 2.44 bits per heavy atom. The lowest BCUT2D eigenvalue weighted by Crippen LogP contribution is -2.61. The quantitative estimate of drug-likeness (QED) is 0.730. The Morgan fingerprint density at radius 1 is 1.31 bits per heavy atom. The predicted molar refractivity (Wildman–Crippen MR) is 59.2 cm³/mol. The topological polar surface area (TPSA) is 52.9 Å². The van der Waals surface area contributed by atoms with Crippen LogP contribution in [0, 0.1) is 35.0 Å². The highest BCUT2D eigenvalue weighted by molar-refractivity contribution is 5.74. The summed E-state index contributed by atoms with van der Waals surface area (Å²) in [6.45, 7) is 1.61. The van der Waals surface area contributed by atoms with Gasteiger partial charge in [0, 0.05) is 12.5 Å². The van der Waals surface area contributed by atoms with Crippen molar-refractivity contribution in [3.05, 3.63) is 0 Å². The molecule has 0 aromatic carbocycles. The summed E-state index contributed by atoms with van der Waals surface area (Å²) in [5.74, 6) is 2.20. The highest BCUT2D eigenvalue weighted by atomic mass is 16.1. The standard InChI is InChI=1S/C13H18N2O/c1-8(16)15-13-4-9-2-10(5-13)12(7-14)11(3-9)6-13/h9-12H,2-6H2,1H3,(H,15,16). The van der Waals surface area contributed by atoms with Gasteiger partial charge in [-0.25, -0.2) is 0 Å². The molecule has 0 saturated heterocycles. The molecule has 4 rings (SSSR count). The van der Waals surface area contributed by atoms with Gasteiger partial charge in [-0.2, -0.15) is 5.26 Å². The van der Waals surface area contributed by atoms with E-state index in [9.17, 15) is 10.1 Å². The average molecular weight is 218 g/mol. The zero-order valence-electron chi connectivity index (χ0n) is 9.70. The largest absolute Gasteiger partial charge is 0.351 e. The molecule has 3 heteroatoms. The van der Waals surface area contributed by atoms with Crippen molar-refractivity contribution < 1.29 is 4.79 Å². The Labute approximate surface area is 96.2 Å². The summed E-state index contributed by atoms with van der Waals surface area (Å²) < 4.78 is 0. The van der Waals surface area contributed by atoms with Crippen LogP contribution in [-0.4, -0.2) is 11.4 Å². The number of hydrogen-bond acceptors (Lipinski definition) is 2. The van der Waals surface area contributed by atoms with E-state index >= 15 is 0 Å². The fourth-order valence-electron chi connectivity index (χ4n) is 4.76. The van der Waals surface area contributed by atoms with E-state index in [0.717, 1.165) is 25.2 Å². The molecule has 4 fully saturated rings. The molecular formula is C13H18N2O. The van der Waals surface area contributed by atoms with Crippen LogP contribution in [0.4, 0.5) is 0 Å². The van der Waals surface area contributed by atoms with Crippen molar-refractivity contribution in [2.75, 3.05) is 0 Å². The molecule has 0 aromatic heterocycles. The van der Waals surface area contributed by atoms with Gasteiger partial charge in [0.1, 0.15) is 0 Å². The molecule has 2 unspecified atom stereocenters. The molecule has 4 bridgehead atoms. The minimum atomic E-state index is 0.0513. The lowest BCUT2D eigenvalue weighted by Gasteiger charge is -2.58. The third kappa shape index (κ3) is 1.36. The molecule has 0 radical (unpaired) electrons. The van der Waals surface area contributed by atoms with Crippen molar-refractivity contribution in [2.24, 2.45) is 23.7 Å². The Hall–Kier alpha value is -1.04. The van der Waals surface area contributed by atoms with Gasteiger partial charge < -0.3 is 5.32 Å². The van der Waals surface area contributed by atoms with E-state index in [-0.39, 0.29) is 17.4 Å². The molecular weight excluding hydrogens is 200 g/mol. The first-order valence-electron chi connectivity index (χ1n) is 6.30. The van der Waals surface area contributed by atoms with Crippen molar-refractivity contribution in [1.82, 2.24) is 5.32 Å². The summed E-state index contributed by atoms with van der Waals surface area (Å²) in [5.41, 5.74) is 0.0513. The minimum absolute atomic E-state index is 0.0513. The number of carbonyl (C=O) groups is 1. The second kappa shape index (κ2) is 3.23. The van der Waals surface area contributed by atoms with Gasteiger partial charge in [0.2, 0.25) is 5.91 Å². The van der Waals surface area contributed by atoms with Crippen LogP contribution in [0.5, 0.6) is 0 Å².